The van der Waals surface area contributed by atoms with Crippen LogP contribution >= 0.6 is 12.4 Å². The number of aryl methyl sites for hydroxylation is 1. The molecule has 0 bridgehead atoms. The standard InChI is InChI=1S/C15H22N2O2.ClH/c1-10-4-5-12(8-14(10)19-3)15(18)17-7-6-13(16)11(2)9-17;/h4-5,8,11,13H,6-7,9,16H2,1-3H3;1H. The molecule has 1 saturated heterocycles. The minimum Gasteiger partial charge on any atom is -0.496 e. The Bertz CT molecular complexity index is 479. The van der Waals surface area contributed by atoms with Gasteiger partial charge in [-0.2, -0.15) is 0 Å². The first kappa shape index (κ1) is 16.8. The van der Waals surface area contributed by atoms with Crippen molar-refractivity contribution in [2.24, 2.45) is 11.7 Å². The van der Waals surface area contributed by atoms with Crippen LogP contribution in [0.3, 0.4) is 0 Å². The number of carbonyl (C=O) groups excluding carboxylic acids is 1. The lowest BCUT2D eigenvalue weighted by atomic mass is 9.94. The van der Waals surface area contributed by atoms with Gasteiger partial charge in [-0.15, -0.1) is 12.4 Å². The molecule has 112 valence electrons. The molecule has 0 radical (unpaired) electrons. The smallest absolute Gasteiger partial charge is 0.253 e. The number of piperidine rings is 1. The van der Waals surface area contributed by atoms with Gasteiger partial charge in [0.25, 0.3) is 5.91 Å². The second-order valence-corrected chi connectivity index (χ2v) is 5.37. The summed E-state index contributed by atoms with van der Waals surface area (Å²) in [5.74, 6) is 1.18. The van der Waals surface area contributed by atoms with Gasteiger partial charge in [-0.1, -0.05) is 13.0 Å². The Balaban J connectivity index is 0.00000200. The maximum atomic E-state index is 12.5. The van der Waals surface area contributed by atoms with E-state index in [2.05, 4.69) is 6.92 Å². The van der Waals surface area contributed by atoms with E-state index in [0.717, 1.165) is 30.8 Å². The van der Waals surface area contributed by atoms with E-state index in [1.54, 1.807) is 7.11 Å². The topological polar surface area (TPSA) is 55.6 Å². The molecule has 20 heavy (non-hydrogen) atoms. The Labute approximate surface area is 126 Å². The molecule has 1 aliphatic heterocycles. The average molecular weight is 299 g/mol. The first-order valence-corrected chi connectivity index (χ1v) is 6.72. The van der Waals surface area contributed by atoms with Crippen LogP contribution in [-0.4, -0.2) is 37.0 Å². The van der Waals surface area contributed by atoms with Crippen molar-refractivity contribution in [1.82, 2.24) is 4.90 Å². The number of halogens is 1. The predicted molar refractivity (Wildman–Crippen MR) is 82.6 cm³/mol. The zero-order valence-corrected chi connectivity index (χ0v) is 13.1. The van der Waals surface area contributed by atoms with Crippen molar-refractivity contribution in [2.75, 3.05) is 20.2 Å². The molecule has 4 nitrogen and oxygen atoms in total. The lowest BCUT2D eigenvalue weighted by Crippen LogP contribution is -2.48. The van der Waals surface area contributed by atoms with Gasteiger partial charge in [0.15, 0.2) is 0 Å². The zero-order chi connectivity index (χ0) is 14.0. The average Bonchev–Trinajstić information content (AvgIpc) is 2.41. The molecule has 0 aromatic heterocycles. The molecule has 2 unspecified atom stereocenters. The third kappa shape index (κ3) is 3.44. The van der Waals surface area contributed by atoms with Crippen LogP contribution in [0.25, 0.3) is 0 Å². The van der Waals surface area contributed by atoms with Crippen molar-refractivity contribution in [3.05, 3.63) is 29.3 Å². The Morgan fingerprint density at radius 2 is 2.15 bits per heavy atom. The van der Waals surface area contributed by atoms with E-state index in [1.165, 1.54) is 0 Å². The van der Waals surface area contributed by atoms with E-state index in [-0.39, 0.29) is 24.4 Å². The van der Waals surface area contributed by atoms with Crippen LogP contribution in [0, 0.1) is 12.8 Å². The normalized spacial score (nSPS) is 22.1. The molecule has 1 heterocycles. The molecule has 2 rings (SSSR count). The number of nitrogens with two attached hydrogens (primary N) is 1. The summed E-state index contributed by atoms with van der Waals surface area (Å²) in [5.41, 5.74) is 7.71. The number of hydrogen-bond donors (Lipinski definition) is 1. The van der Waals surface area contributed by atoms with E-state index in [0.29, 0.717) is 11.5 Å². The number of hydrogen-bond acceptors (Lipinski definition) is 3. The number of amides is 1. The number of nitrogens with zero attached hydrogens (tertiary/aromatic N) is 1. The van der Waals surface area contributed by atoms with E-state index in [9.17, 15) is 4.79 Å². The lowest BCUT2D eigenvalue weighted by Gasteiger charge is -2.35. The molecular weight excluding hydrogens is 276 g/mol. The Hall–Kier alpha value is -1.26. The van der Waals surface area contributed by atoms with Crippen LogP contribution in [0.1, 0.15) is 29.3 Å². The van der Waals surface area contributed by atoms with E-state index in [4.69, 9.17) is 10.5 Å². The highest BCUT2D eigenvalue weighted by Crippen LogP contribution is 2.22. The molecule has 5 heteroatoms. The van der Waals surface area contributed by atoms with Gasteiger partial charge in [-0.25, -0.2) is 0 Å². The molecular formula is C15H23ClN2O2. The van der Waals surface area contributed by atoms with Crippen LogP contribution in [0.5, 0.6) is 5.75 Å². The Morgan fingerprint density at radius 1 is 1.45 bits per heavy atom. The fraction of sp³-hybridized carbons (Fsp3) is 0.533. The summed E-state index contributed by atoms with van der Waals surface area (Å²) in [6, 6.07) is 5.80. The van der Waals surface area contributed by atoms with Gasteiger partial charge in [0.2, 0.25) is 0 Å². The summed E-state index contributed by atoms with van der Waals surface area (Å²) < 4.78 is 5.27. The molecule has 1 aromatic rings. The van der Waals surface area contributed by atoms with Gasteiger partial charge in [-0.05, 0) is 37.0 Å². The van der Waals surface area contributed by atoms with Crippen LogP contribution in [-0.2, 0) is 0 Å². The van der Waals surface area contributed by atoms with Gasteiger partial charge < -0.3 is 15.4 Å². The third-order valence-corrected chi connectivity index (χ3v) is 3.91. The lowest BCUT2D eigenvalue weighted by molar-refractivity contribution is 0.0664. The number of rotatable bonds is 2. The molecule has 0 aliphatic carbocycles. The molecule has 1 aliphatic rings. The van der Waals surface area contributed by atoms with Gasteiger partial charge in [0.1, 0.15) is 5.75 Å². The highest BCUT2D eigenvalue weighted by Gasteiger charge is 2.27. The van der Waals surface area contributed by atoms with Crippen LogP contribution in [0.15, 0.2) is 18.2 Å². The summed E-state index contributed by atoms with van der Waals surface area (Å²) >= 11 is 0. The largest absolute Gasteiger partial charge is 0.496 e. The van der Waals surface area contributed by atoms with Crippen molar-refractivity contribution in [3.63, 3.8) is 0 Å². The maximum Gasteiger partial charge on any atom is 0.253 e. The summed E-state index contributed by atoms with van der Waals surface area (Å²) in [4.78, 5) is 14.3. The fourth-order valence-corrected chi connectivity index (χ4v) is 2.48. The predicted octanol–water partition coefficient (Wildman–Crippen LogP) is 2.23. The SMILES string of the molecule is COc1cc(C(=O)N2CCC(N)C(C)C2)ccc1C.Cl. The van der Waals surface area contributed by atoms with Crippen LogP contribution < -0.4 is 10.5 Å². The first-order valence-electron chi connectivity index (χ1n) is 6.72. The molecule has 1 fully saturated rings. The van der Waals surface area contributed by atoms with Gasteiger partial charge >= 0.3 is 0 Å². The quantitative estimate of drug-likeness (QED) is 0.911. The Morgan fingerprint density at radius 3 is 2.75 bits per heavy atom. The third-order valence-electron chi connectivity index (χ3n) is 3.91. The number of likely N-dealkylation sites (tertiary alicyclic amines) is 1. The van der Waals surface area contributed by atoms with Crippen LogP contribution in [0.4, 0.5) is 0 Å². The minimum absolute atomic E-state index is 0. The summed E-state index contributed by atoms with van der Waals surface area (Å²) in [6.45, 7) is 5.53. The second-order valence-electron chi connectivity index (χ2n) is 5.37. The van der Waals surface area contributed by atoms with Crippen molar-refractivity contribution in [2.45, 2.75) is 26.3 Å². The highest BCUT2D eigenvalue weighted by atomic mass is 35.5. The number of benzene rings is 1. The minimum atomic E-state index is 0. The van der Waals surface area contributed by atoms with Gasteiger partial charge in [0.05, 0.1) is 7.11 Å². The van der Waals surface area contributed by atoms with E-state index >= 15 is 0 Å². The van der Waals surface area contributed by atoms with Crippen molar-refractivity contribution in [3.8, 4) is 5.75 Å². The summed E-state index contributed by atoms with van der Waals surface area (Å²) in [5, 5.41) is 0. The van der Waals surface area contributed by atoms with Gasteiger partial charge in [-0.3, -0.25) is 4.79 Å². The molecule has 1 aromatic carbocycles. The van der Waals surface area contributed by atoms with E-state index in [1.807, 2.05) is 30.0 Å². The monoisotopic (exact) mass is 298 g/mol. The molecule has 2 N–H and O–H groups in total. The molecule has 2 atom stereocenters. The zero-order valence-electron chi connectivity index (χ0n) is 12.3. The summed E-state index contributed by atoms with van der Waals surface area (Å²) in [6.07, 6.45) is 0.871. The van der Waals surface area contributed by atoms with E-state index < -0.39 is 0 Å². The maximum absolute atomic E-state index is 12.5. The fourth-order valence-electron chi connectivity index (χ4n) is 2.48. The number of carbonyl (C=O) groups is 1. The van der Waals surface area contributed by atoms with Crippen molar-refractivity contribution < 1.29 is 9.53 Å². The van der Waals surface area contributed by atoms with Gasteiger partial charge in [0, 0.05) is 24.7 Å². The first-order chi connectivity index (χ1) is 9.02. The molecule has 1 amide bonds. The second kappa shape index (κ2) is 6.95. The molecule has 0 spiro atoms. The number of methoxy groups -OCH3 is 1. The van der Waals surface area contributed by atoms with Crippen LogP contribution in [0.2, 0.25) is 0 Å². The highest BCUT2D eigenvalue weighted by molar-refractivity contribution is 5.94. The summed E-state index contributed by atoms with van der Waals surface area (Å²) in [7, 11) is 1.62. The van der Waals surface area contributed by atoms with Crippen molar-refractivity contribution in [1.29, 1.82) is 0 Å². The Kier molecular flexibility index (Phi) is 5.84. The molecule has 0 saturated carbocycles. The van der Waals surface area contributed by atoms with Crippen molar-refractivity contribution >= 4 is 18.3 Å². The number of ether oxygens (including phenoxy) is 1.